The molecule has 56 valence electrons. The Labute approximate surface area is 63.6 Å². The maximum absolute atomic E-state index is 3.97. The maximum Gasteiger partial charge on any atom is -0.0257 e. The van der Waals surface area contributed by atoms with Crippen LogP contribution in [0.1, 0.15) is 33.1 Å². The zero-order valence-corrected chi connectivity index (χ0v) is 6.98. The summed E-state index contributed by atoms with van der Waals surface area (Å²) >= 11 is 0. The Bertz CT molecular complexity index is 161. The SMILES string of the molecule is C=C1C=C(C(C)C)CCC1. The van der Waals surface area contributed by atoms with Crippen LogP contribution in [0.2, 0.25) is 0 Å². The van der Waals surface area contributed by atoms with E-state index >= 15 is 0 Å². The molecule has 0 saturated carbocycles. The van der Waals surface area contributed by atoms with Gasteiger partial charge in [-0.25, -0.2) is 0 Å². The summed E-state index contributed by atoms with van der Waals surface area (Å²) in [5.74, 6) is 0.719. The first-order valence-electron chi connectivity index (χ1n) is 4.08. The highest BCUT2D eigenvalue weighted by Gasteiger charge is 2.08. The van der Waals surface area contributed by atoms with E-state index in [2.05, 4.69) is 26.5 Å². The van der Waals surface area contributed by atoms with Gasteiger partial charge in [0, 0.05) is 0 Å². The molecular formula is C10H16. The molecule has 0 spiro atoms. The van der Waals surface area contributed by atoms with E-state index in [1.54, 1.807) is 5.57 Å². The molecule has 1 aliphatic rings. The second kappa shape index (κ2) is 3.05. The molecule has 0 bridgehead atoms. The summed E-state index contributed by atoms with van der Waals surface area (Å²) < 4.78 is 0. The highest BCUT2D eigenvalue weighted by molar-refractivity contribution is 5.25. The van der Waals surface area contributed by atoms with Crippen molar-refractivity contribution in [3.63, 3.8) is 0 Å². The summed E-state index contributed by atoms with van der Waals surface area (Å²) in [6.07, 6.45) is 6.07. The fourth-order valence-corrected chi connectivity index (χ4v) is 1.38. The third-order valence-electron chi connectivity index (χ3n) is 2.09. The lowest BCUT2D eigenvalue weighted by molar-refractivity contribution is 0.661. The molecule has 1 rings (SSSR count). The standard InChI is InChI=1S/C10H16/c1-8(2)10-6-4-5-9(3)7-10/h7-8H,3-6H2,1-2H3. The second-order valence-corrected chi connectivity index (χ2v) is 3.39. The van der Waals surface area contributed by atoms with Gasteiger partial charge in [0.25, 0.3) is 0 Å². The van der Waals surface area contributed by atoms with Crippen LogP contribution in [0.4, 0.5) is 0 Å². The van der Waals surface area contributed by atoms with Crippen LogP contribution in [0.3, 0.4) is 0 Å². The largest absolute Gasteiger partial charge is 0.0958 e. The van der Waals surface area contributed by atoms with Crippen molar-refractivity contribution in [3.05, 3.63) is 23.8 Å². The summed E-state index contributed by atoms with van der Waals surface area (Å²) in [5.41, 5.74) is 2.89. The van der Waals surface area contributed by atoms with Gasteiger partial charge in [-0.1, -0.05) is 37.6 Å². The second-order valence-electron chi connectivity index (χ2n) is 3.39. The molecule has 0 aromatic carbocycles. The van der Waals surface area contributed by atoms with Gasteiger partial charge in [-0.05, 0) is 25.2 Å². The van der Waals surface area contributed by atoms with Crippen molar-refractivity contribution in [2.24, 2.45) is 5.92 Å². The predicted molar refractivity (Wildman–Crippen MR) is 45.9 cm³/mol. The van der Waals surface area contributed by atoms with E-state index < -0.39 is 0 Å². The molecule has 0 unspecified atom stereocenters. The molecule has 0 heteroatoms. The average molecular weight is 136 g/mol. The highest BCUT2D eigenvalue weighted by atomic mass is 14.1. The molecule has 0 heterocycles. The molecule has 0 aromatic heterocycles. The molecule has 0 nitrogen and oxygen atoms in total. The Balaban J connectivity index is 2.66. The van der Waals surface area contributed by atoms with E-state index in [0.717, 1.165) is 5.92 Å². The van der Waals surface area contributed by atoms with E-state index in [1.165, 1.54) is 24.8 Å². The molecule has 10 heavy (non-hydrogen) atoms. The van der Waals surface area contributed by atoms with Crippen molar-refractivity contribution in [2.75, 3.05) is 0 Å². The first kappa shape index (κ1) is 7.59. The lowest BCUT2D eigenvalue weighted by Gasteiger charge is -2.16. The predicted octanol–water partition coefficient (Wildman–Crippen LogP) is 3.31. The minimum atomic E-state index is 0.719. The minimum absolute atomic E-state index is 0.719. The van der Waals surface area contributed by atoms with Crippen molar-refractivity contribution in [1.82, 2.24) is 0 Å². The Kier molecular flexibility index (Phi) is 2.31. The van der Waals surface area contributed by atoms with Gasteiger partial charge in [-0.2, -0.15) is 0 Å². The van der Waals surface area contributed by atoms with Gasteiger partial charge in [0.2, 0.25) is 0 Å². The summed E-state index contributed by atoms with van der Waals surface area (Å²) in [6, 6.07) is 0. The Morgan fingerprint density at radius 3 is 2.50 bits per heavy atom. The lowest BCUT2D eigenvalue weighted by atomic mass is 9.89. The third kappa shape index (κ3) is 1.73. The van der Waals surface area contributed by atoms with Crippen LogP contribution in [0.25, 0.3) is 0 Å². The highest BCUT2D eigenvalue weighted by Crippen LogP contribution is 2.25. The van der Waals surface area contributed by atoms with Crippen LogP contribution in [-0.2, 0) is 0 Å². The Morgan fingerprint density at radius 1 is 1.40 bits per heavy atom. The number of hydrogen-bond acceptors (Lipinski definition) is 0. The maximum atomic E-state index is 3.97. The van der Waals surface area contributed by atoms with Gasteiger partial charge >= 0.3 is 0 Å². The van der Waals surface area contributed by atoms with Crippen LogP contribution >= 0.6 is 0 Å². The van der Waals surface area contributed by atoms with Crippen molar-refractivity contribution in [3.8, 4) is 0 Å². The van der Waals surface area contributed by atoms with Gasteiger partial charge < -0.3 is 0 Å². The summed E-state index contributed by atoms with van der Waals surface area (Å²) in [7, 11) is 0. The van der Waals surface area contributed by atoms with Gasteiger partial charge in [0.15, 0.2) is 0 Å². The molecule has 0 N–H and O–H groups in total. The van der Waals surface area contributed by atoms with Crippen molar-refractivity contribution < 1.29 is 0 Å². The first-order chi connectivity index (χ1) is 4.70. The summed E-state index contributed by atoms with van der Waals surface area (Å²) in [5, 5.41) is 0. The van der Waals surface area contributed by atoms with Gasteiger partial charge in [0.05, 0.1) is 0 Å². The fourth-order valence-electron chi connectivity index (χ4n) is 1.38. The normalized spacial score (nSPS) is 19.5. The summed E-state index contributed by atoms with van der Waals surface area (Å²) in [4.78, 5) is 0. The van der Waals surface area contributed by atoms with E-state index in [9.17, 15) is 0 Å². The van der Waals surface area contributed by atoms with E-state index in [-0.39, 0.29) is 0 Å². The lowest BCUT2D eigenvalue weighted by Crippen LogP contribution is -1.99. The van der Waals surface area contributed by atoms with E-state index in [1.807, 2.05) is 0 Å². The zero-order valence-electron chi connectivity index (χ0n) is 6.98. The summed E-state index contributed by atoms with van der Waals surface area (Å²) in [6.45, 7) is 8.48. The van der Waals surface area contributed by atoms with Crippen LogP contribution < -0.4 is 0 Å². The monoisotopic (exact) mass is 136 g/mol. The first-order valence-corrected chi connectivity index (χ1v) is 4.08. The zero-order chi connectivity index (χ0) is 7.56. The van der Waals surface area contributed by atoms with Crippen molar-refractivity contribution in [1.29, 1.82) is 0 Å². The van der Waals surface area contributed by atoms with Crippen molar-refractivity contribution >= 4 is 0 Å². The molecule has 0 radical (unpaired) electrons. The molecule has 0 fully saturated rings. The fraction of sp³-hybridized carbons (Fsp3) is 0.600. The topological polar surface area (TPSA) is 0 Å². The van der Waals surface area contributed by atoms with E-state index in [4.69, 9.17) is 0 Å². The molecule has 0 atom stereocenters. The number of allylic oxidation sites excluding steroid dienone is 3. The molecule has 0 aromatic rings. The van der Waals surface area contributed by atoms with Crippen LogP contribution in [-0.4, -0.2) is 0 Å². The van der Waals surface area contributed by atoms with Gasteiger partial charge in [-0.3, -0.25) is 0 Å². The number of hydrogen-bond donors (Lipinski definition) is 0. The minimum Gasteiger partial charge on any atom is -0.0958 e. The molecule has 1 aliphatic carbocycles. The Hall–Kier alpha value is -0.520. The molecule has 0 saturated heterocycles. The van der Waals surface area contributed by atoms with Crippen molar-refractivity contribution in [2.45, 2.75) is 33.1 Å². The smallest absolute Gasteiger partial charge is 0.0257 e. The number of rotatable bonds is 1. The average Bonchev–Trinajstić information content (AvgIpc) is 1.88. The van der Waals surface area contributed by atoms with Crippen LogP contribution in [0, 0.1) is 5.92 Å². The third-order valence-corrected chi connectivity index (χ3v) is 2.09. The quantitative estimate of drug-likeness (QED) is 0.518. The Morgan fingerprint density at radius 2 is 2.10 bits per heavy atom. The van der Waals surface area contributed by atoms with Crippen LogP contribution in [0.5, 0.6) is 0 Å². The van der Waals surface area contributed by atoms with Crippen LogP contribution in [0.15, 0.2) is 23.8 Å². The molecule has 0 aliphatic heterocycles. The van der Waals surface area contributed by atoms with Gasteiger partial charge in [0.1, 0.15) is 0 Å². The van der Waals surface area contributed by atoms with E-state index in [0.29, 0.717) is 0 Å². The van der Waals surface area contributed by atoms with Gasteiger partial charge in [-0.15, -0.1) is 0 Å². The molecule has 0 amide bonds. The molecular weight excluding hydrogens is 120 g/mol.